The molecule has 98 valence electrons. The second-order valence-corrected chi connectivity index (χ2v) is 5.48. The molecular weight excluding hydrogens is 306 g/mol. The molecule has 1 amide bonds. The van der Waals surface area contributed by atoms with Crippen LogP contribution < -0.4 is 0 Å². The Bertz CT molecular complexity index is 575. The zero-order valence-electron chi connectivity index (χ0n) is 10.4. The van der Waals surface area contributed by atoms with Crippen LogP contribution in [0.15, 0.2) is 51.7 Å². The van der Waals surface area contributed by atoms with Crippen molar-refractivity contribution >= 4 is 21.8 Å². The fourth-order valence-electron chi connectivity index (χ4n) is 2.13. The number of rotatable bonds is 4. The maximum atomic E-state index is 12.5. The van der Waals surface area contributed by atoms with E-state index in [1.54, 1.807) is 6.07 Å². The summed E-state index contributed by atoms with van der Waals surface area (Å²) in [4.78, 5) is 14.5. The van der Waals surface area contributed by atoms with E-state index in [-0.39, 0.29) is 5.91 Å². The fourth-order valence-corrected chi connectivity index (χ4v) is 2.54. The Hall–Kier alpha value is -1.55. The van der Waals surface area contributed by atoms with Crippen LogP contribution in [0.2, 0.25) is 0 Å². The first kappa shape index (κ1) is 12.5. The average molecular weight is 320 g/mol. The van der Waals surface area contributed by atoms with Crippen molar-refractivity contribution in [1.82, 2.24) is 4.90 Å². The highest BCUT2D eigenvalue weighted by Gasteiger charge is 2.34. The molecule has 4 heteroatoms. The molecule has 1 aromatic carbocycles. The molecule has 1 saturated carbocycles. The van der Waals surface area contributed by atoms with Crippen molar-refractivity contribution in [1.29, 1.82) is 0 Å². The van der Waals surface area contributed by atoms with Gasteiger partial charge in [-0.05, 0) is 40.4 Å². The predicted octanol–water partition coefficient (Wildman–Crippen LogP) is 3.85. The van der Waals surface area contributed by atoms with Gasteiger partial charge in [0.2, 0.25) is 0 Å². The fraction of sp³-hybridized carbons (Fsp3) is 0.267. The standard InChI is InChI=1S/C15H14BrNO2/c16-14-13(8-9-19-14)15(18)17(12-6-7-12)10-11-4-2-1-3-5-11/h1-5,8-9,12H,6-7,10H2. The van der Waals surface area contributed by atoms with Crippen LogP contribution in [0, 0.1) is 0 Å². The molecule has 0 spiro atoms. The Balaban J connectivity index is 1.82. The molecule has 0 saturated heterocycles. The van der Waals surface area contributed by atoms with Crippen LogP contribution in [0.5, 0.6) is 0 Å². The van der Waals surface area contributed by atoms with Gasteiger partial charge in [-0.25, -0.2) is 0 Å². The first-order chi connectivity index (χ1) is 9.25. The maximum absolute atomic E-state index is 12.5. The van der Waals surface area contributed by atoms with Gasteiger partial charge in [0, 0.05) is 12.6 Å². The summed E-state index contributed by atoms with van der Waals surface area (Å²) >= 11 is 3.28. The number of furan rings is 1. The molecule has 0 radical (unpaired) electrons. The first-order valence-electron chi connectivity index (χ1n) is 6.33. The minimum Gasteiger partial charge on any atom is -0.457 e. The highest BCUT2D eigenvalue weighted by Crippen LogP contribution is 2.31. The van der Waals surface area contributed by atoms with E-state index in [9.17, 15) is 4.79 Å². The van der Waals surface area contributed by atoms with Gasteiger partial charge in [-0.15, -0.1) is 0 Å². The highest BCUT2D eigenvalue weighted by atomic mass is 79.9. The lowest BCUT2D eigenvalue weighted by atomic mass is 10.2. The normalized spacial score (nSPS) is 14.4. The minimum atomic E-state index is 0.0342. The molecular formula is C15H14BrNO2. The van der Waals surface area contributed by atoms with Gasteiger partial charge < -0.3 is 9.32 Å². The number of hydrogen-bond acceptors (Lipinski definition) is 2. The van der Waals surface area contributed by atoms with Crippen LogP contribution in [-0.4, -0.2) is 16.8 Å². The van der Waals surface area contributed by atoms with Gasteiger partial charge in [0.25, 0.3) is 5.91 Å². The number of hydrogen-bond donors (Lipinski definition) is 0. The van der Waals surface area contributed by atoms with Crippen molar-refractivity contribution in [3.63, 3.8) is 0 Å². The molecule has 0 N–H and O–H groups in total. The molecule has 2 aromatic rings. The molecule has 3 nitrogen and oxygen atoms in total. The highest BCUT2D eigenvalue weighted by molar-refractivity contribution is 9.10. The molecule has 1 heterocycles. The molecule has 0 bridgehead atoms. The van der Waals surface area contributed by atoms with Crippen LogP contribution in [0.25, 0.3) is 0 Å². The smallest absolute Gasteiger partial charge is 0.258 e. The molecule has 1 aliphatic rings. The maximum Gasteiger partial charge on any atom is 0.258 e. The van der Waals surface area contributed by atoms with Crippen LogP contribution in [0.1, 0.15) is 28.8 Å². The van der Waals surface area contributed by atoms with Crippen LogP contribution in [0.4, 0.5) is 0 Å². The first-order valence-corrected chi connectivity index (χ1v) is 7.13. The summed E-state index contributed by atoms with van der Waals surface area (Å²) in [6.45, 7) is 0.655. The van der Waals surface area contributed by atoms with E-state index in [0.29, 0.717) is 22.8 Å². The second kappa shape index (κ2) is 5.21. The lowest BCUT2D eigenvalue weighted by molar-refractivity contribution is 0.0728. The van der Waals surface area contributed by atoms with Crippen molar-refractivity contribution < 1.29 is 9.21 Å². The summed E-state index contributed by atoms with van der Waals surface area (Å²) in [6.07, 6.45) is 3.72. The molecule has 0 aliphatic heterocycles. The lowest BCUT2D eigenvalue weighted by Gasteiger charge is -2.22. The van der Waals surface area contributed by atoms with Crippen LogP contribution >= 0.6 is 15.9 Å². The number of benzene rings is 1. The summed E-state index contributed by atoms with van der Waals surface area (Å²) in [5.74, 6) is 0.0342. The Morgan fingerprint density at radius 1 is 1.26 bits per heavy atom. The van der Waals surface area contributed by atoms with Crippen molar-refractivity contribution in [2.75, 3.05) is 0 Å². The van der Waals surface area contributed by atoms with Gasteiger partial charge in [-0.2, -0.15) is 0 Å². The lowest BCUT2D eigenvalue weighted by Crippen LogP contribution is -2.32. The van der Waals surface area contributed by atoms with Crippen molar-refractivity contribution in [2.45, 2.75) is 25.4 Å². The quantitative estimate of drug-likeness (QED) is 0.857. The summed E-state index contributed by atoms with van der Waals surface area (Å²) < 4.78 is 5.67. The van der Waals surface area contributed by atoms with Gasteiger partial charge >= 0.3 is 0 Å². The molecule has 1 fully saturated rings. The molecule has 19 heavy (non-hydrogen) atoms. The van der Waals surface area contributed by atoms with Gasteiger partial charge in [0.05, 0.1) is 11.8 Å². The SMILES string of the molecule is O=C(c1ccoc1Br)N(Cc1ccccc1)C1CC1. The number of nitrogens with zero attached hydrogens (tertiary/aromatic N) is 1. The van der Waals surface area contributed by atoms with E-state index in [4.69, 9.17) is 4.42 Å². The summed E-state index contributed by atoms with van der Waals surface area (Å²) in [6, 6.07) is 12.2. The largest absolute Gasteiger partial charge is 0.457 e. The Labute approximate surface area is 120 Å². The van der Waals surface area contributed by atoms with Crippen molar-refractivity contribution in [3.8, 4) is 0 Å². The molecule has 0 unspecified atom stereocenters. The van der Waals surface area contributed by atoms with Crippen LogP contribution in [0.3, 0.4) is 0 Å². The Morgan fingerprint density at radius 3 is 2.58 bits per heavy atom. The van der Waals surface area contributed by atoms with Crippen LogP contribution in [-0.2, 0) is 6.54 Å². The van der Waals surface area contributed by atoms with E-state index in [1.807, 2.05) is 35.2 Å². The van der Waals surface area contributed by atoms with Crippen molar-refractivity contribution in [2.24, 2.45) is 0 Å². The third-order valence-corrected chi connectivity index (χ3v) is 3.91. The average Bonchev–Trinajstić information content (AvgIpc) is 3.18. The topological polar surface area (TPSA) is 33.5 Å². The minimum absolute atomic E-state index is 0.0342. The third-order valence-electron chi connectivity index (χ3n) is 3.29. The molecule has 0 atom stereocenters. The Morgan fingerprint density at radius 2 is 2.00 bits per heavy atom. The molecule has 1 aliphatic carbocycles. The summed E-state index contributed by atoms with van der Waals surface area (Å²) in [7, 11) is 0. The summed E-state index contributed by atoms with van der Waals surface area (Å²) in [5, 5.41) is 0. The number of carbonyl (C=O) groups is 1. The second-order valence-electron chi connectivity index (χ2n) is 4.76. The third kappa shape index (κ3) is 2.73. The van der Waals surface area contributed by atoms with E-state index >= 15 is 0 Å². The van der Waals surface area contributed by atoms with Crippen molar-refractivity contribution in [3.05, 3.63) is 58.5 Å². The Kier molecular flexibility index (Phi) is 3.42. The zero-order valence-corrected chi connectivity index (χ0v) is 12.0. The number of halogens is 1. The van der Waals surface area contributed by atoms with E-state index < -0.39 is 0 Å². The number of amides is 1. The van der Waals surface area contributed by atoms with E-state index in [0.717, 1.165) is 18.4 Å². The van der Waals surface area contributed by atoms with Gasteiger partial charge in [0.1, 0.15) is 0 Å². The van der Waals surface area contributed by atoms with E-state index in [1.165, 1.54) is 6.26 Å². The van der Waals surface area contributed by atoms with E-state index in [2.05, 4.69) is 15.9 Å². The monoisotopic (exact) mass is 319 g/mol. The van der Waals surface area contributed by atoms with Gasteiger partial charge in [-0.3, -0.25) is 4.79 Å². The van der Waals surface area contributed by atoms with Gasteiger partial charge in [0.15, 0.2) is 4.67 Å². The number of carbonyl (C=O) groups excluding carboxylic acids is 1. The van der Waals surface area contributed by atoms with Gasteiger partial charge in [-0.1, -0.05) is 30.3 Å². The summed E-state index contributed by atoms with van der Waals surface area (Å²) in [5.41, 5.74) is 1.75. The molecule has 3 rings (SSSR count). The predicted molar refractivity (Wildman–Crippen MR) is 75.7 cm³/mol. The molecule has 1 aromatic heterocycles. The zero-order chi connectivity index (χ0) is 13.2.